The van der Waals surface area contributed by atoms with Crippen molar-refractivity contribution in [1.82, 2.24) is 19.1 Å². The van der Waals surface area contributed by atoms with Crippen molar-refractivity contribution in [2.24, 2.45) is 14.1 Å². The Bertz CT molecular complexity index is 2260. The first-order valence-corrected chi connectivity index (χ1v) is 15.4. The summed E-state index contributed by atoms with van der Waals surface area (Å²) in [5.74, 6) is 4.87. The van der Waals surface area contributed by atoms with Crippen LogP contribution in [0, 0.1) is 24.7 Å². The van der Waals surface area contributed by atoms with E-state index >= 15 is 0 Å². The van der Waals surface area contributed by atoms with Crippen LogP contribution in [0.3, 0.4) is 0 Å². The molecule has 4 aromatic heterocycles. The fourth-order valence-electron chi connectivity index (χ4n) is 6.12. The molecule has 49 heavy (non-hydrogen) atoms. The minimum atomic E-state index is -0.0392. The van der Waals surface area contributed by atoms with Crippen LogP contribution < -0.4 is 0 Å². The van der Waals surface area contributed by atoms with Crippen molar-refractivity contribution in [3.8, 4) is 11.8 Å². The zero-order valence-corrected chi connectivity index (χ0v) is 31.9. The molecule has 248 valence electrons. The number of aryl methyl sites for hydroxylation is 2. The van der Waals surface area contributed by atoms with E-state index in [1.54, 1.807) is 12.4 Å². The molecule has 0 spiro atoms. The fourth-order valence-corrected chi connectivity index (χ4v) is 6.12. The average Bonchev–Trinajstić information content (AvgIpc) is 3.59. The number of hydrogen-bond donors (Lipinski definition) is 0. The number of nitrogens with zero attached hydrogens (tertiary/aromatic N) is 4. The molecule has 0 N–H and O–H groups in total. The number of hydrogen-bond acceptors (Lipinski definition) is 2. The molecule has 4 heterocycles. The van der Waals surface area contributed by atoms with Crippen molar-refractivity contribution in [2.75, 3.05) is 0 Å². The summed E-state index contributed by atoms with van der Waals surface area (Å²) in [4.78, 5) is 8.31. The Labute approximate surface area is 319 Å². The summed E-state index contributed by atoms with van der Waals surface area (Å²) in [6, 6.07) is 36.8. The van der Waals surface area contributed by atoms with Crippen LogP contribution in [0.15, 0.2) is 134 Å². The van der Waals surface area contributed by atoms with Gasteiger partial charge in [-0.3, -0.25) is 21.8 Å². The first-order chi connectivity index (χ1) is 22.8. The molecule has 0 bridgehead atoms. The fraction of sp³-hybridized carbons (Fsp3) is 0.116. The molecular formula is C43H34Au2N4. The number of pyridine rings is 2. The monoisotopic (exact) mass is 1000 g/mol. The van der Waals surface area contributed by atoms with Crippen LogP contribution in [0.25, 0.3) is 43.6 Å². The quantitative estimate of drug-likeness (QED) is 0.0985. The van der Waals surface area contributed by atoms with Crippen molar-refractivity contribution in [2.45, 2.75) is 19.3 Å². The topological polar surface area (TPSA) is 35.6 Å². The molecule has 0 aliphatic heterocycles. The van der Waals surface area contributed by atoms with Gasteiger partial charge in [-0.05, 0) is 46.2 Å². The van der Waals surface area contributed by atoms with Gasteiger partial charge in [0.1, 0.15) is 0 Å². The molecule has 0 radical (unpaired) electrons. The summed E-state index contributed by atoms with van der Waals surface area (Å²) >= 11 is 0. The smallest absolute Gasteiger partial charge is 0.366 e. The minimum Gasteiger partial charge on any atom is -0.366 e. The SMILES string of the molecule is CC(C)(c1cccnc1)c1cccnc1.[Au+].[Au+].[C-]#Cc1ccc2c(c1)c1ccccc1n2C.[C-]#Cc1ccc2c(c1)c1ccccc1n2C. The van der Waals surface area contributed by atoms with Gasteiger partial charge in [-0.2, -0.15) is 0 Å². The summed E-state index contributed by atoms with van der Waals surface area (Å²) in [7, 11) is 4.14. The van der Waals surface area contributed by atoms with E-state index in [0.717, 1.165) is 11.1 Å². The van der Waals surface area contributed by atoms with Gasteiger partial charge in [0.2, 0.25) is 0 Å². The Balaban J connectivity index is 0.000000162. The van der Waals surface area contributed by atoms with Crippen molar-refractivity contribution < 1.29 is 44.8 Å². The molecule has 0 saturated carbocycles. The molecule has 0 aliphatic rings. The Kier molecular flexibility index (Phi) is 12.3. The molecular weight excluding hydrogens is 966 g/mol. The van der Waals surface area contributed by atoms with Gasteiger partial charge in [0, 0.05) is 77.1 Å². The second kappa shape index (κ2) is 16.2. The molecule has 6 heteroatoms. The maximum Gasteiger partial charge on any atom is 1.00 e. The van der Waals surface area contributed by atoms with Crippen molar-refractivity contribution in [3.05, 3.63) is 169 Å². The average molecular weight is 1000 g/mol. The van der Waals surface area contributed by atoms with Crippen LogP contribution in [0.1, 0.15) is 36.1 Å². The van der Waals surface area contributed by atoms with Gasteiger partial charge in [-0.1, -0.05) is 74.5 Å². The Morgan fingerprint density at radius 3 is 1.27 bits per heavy atom. The van der Waals surface area contributed by atoms with Crippen molar-refractivity contribution >= 4 is 43.6 Å². The van der Waals surface area contributed by atoms with Gasteiger partial charge < -0.3 is 22.0 Å². The molecule has 4 aromatic carbocycles. The maximum absolute atomic E-state index is 7.18. The molecule has 8 aromatic rings. The van der Waals surface area contributed by atoms with Gasteiger partial charge in [0.25, 0.3) is 0 Å². The maximum atomic E-state index is 7.18. The molecule has 0 amide bonds. The van der Waals surface area contributed by atoms with E-state index in [1.165, 1.54) is 54.7 Å². The summed E-state index contributed by atoms with van der Waals surface area (Å²) in [5, 5.41) is 4.85. The van der Waals surface area contributed by atoms with Crippen LogP contribution >= 0.6 is 0 Å². The summed E-state index contributed by atoms with van der Waals surface area (Å²) in [6.45, 7) is 4.36. The van der Waals surface area contributed by atoms with Crippen LogP contribution in [0.4, 0.5) is 0 Å². The van der Waals surface area contributed by atoms with Gasteiger partial charge >= 0.3 is 44.8 Å². The largest absolute Gasteiger partial charge is 1.00 e. The van der Waals surface area contributed by atoms with Crippen molar-refractivity contribution in [1.29, 1.82) is 0 Å². The third kappa shape index (κ3) is 7.52. The van der Waals surface area contributed by atoms with Crippen LogP contribution in [-0.4, -0.2) is 19.1 Å². The standard InChI is InChI=1S/2C15H10N.C13H14N2.2Au/c2*1-3-11-8-9-15-13(10-11)12-6-4-5-7-14(12)16(15)2;1-13(2,11-5-3-7-14-9-11)12-6-4-8-15-10-12;;/h2*4-10H,2H3;3-10H,1-2H3;;/q2*-1;;2*+1. The van der Waals surface area contributed by atoms with Crippen LogP contribution in [-0.2, 0) is 64.3 Å². The van der Waals surface area contributed by atoms with E-state index in [2.05, 4.69) is 95.3 Å². The molecule has 0 unspecified atom stereocenters. The predicted molar refractivity (Wildman–Crippen MR) is 194 cm³/mol. The molecule has 8 rings (SSSR count). The van der Waals surface area contributed by atoms with Crippen LogP contribution in [0.2, 0.25) is 0 Å². The molecule has 0 saturated heterocycles. The molecule has 0 aliphatic carbocycles. The minimum absolute atomic E-state index is 0. The summed E-state index contributed by atoms with van der Waals surface area (Å²) in [6.07, 6.45) is 21.8. The Morgan fingerprint density at radius 1 is 0.510 bits per heavy atom. The zero-order valence-electron chi connectivity index (χ0n) is 27.6. The van der Waals surface area contributed by atoms with E-state index in [1.807, 2.05) is 85.2 Å². The van der Waals surface area contributed by atoms with E-state index in [4.69, 9.17) is 12.8 Å². The molecule has 4 nitrogen and oxygen atoms in total. The molecule has 0 atom stereocenters. The third-order valence-corrected chi connectivity index (χ3v) is 8.88. The van der Waals surface area contributed by atoms with Crippen molar-refractivity contribution in [3.63, 3.8) is 0 Å². The number of rotatable bonds is 2. The molecule has 0 fully saturated rings. The second-order valence-electron chi connectivity index (χ2n) is 12.0. The summed E-state index contributed by atoms with van der Waals surface area (Å²) < 4.78 is 4.36. The van der Waals surface area contributed by atoms with Gasteiger partial charge in [0.15, 0.2) is 0 Å². The van der Waals surface area contributed by atoms with Gasteiger partial charge in [0.05, 0.1) is 0 Å². The first-order valence-electron chi connectivity index (χ1n) is 15.4. The Morgan fingerprint density at radius 2 is 0.898 bits per heavy atom. The van der Waals surface area contributed by atoms with Crippen LogP contribution in [0.5, 0.6) is 0 Å². The van der Waals surface area contributed by atoms with E-state index < -0.39 is 0 Å². The second-order valence-corrected chi connectivity index (χ2v) is 12.0. The van der Waals surface area contributed by atoms with E-state index in [0.29, 0.717) is 0 Å². The van der Waals surface area contributed by atoms with E-state index in [9.17, 15) is 0 Å². The number of fused-ring (bicyclic) bond motifs is 6. The van der Waals surface area contributed by atoms with Gasteiger partial charge in [-0.15, -0.1) is 35.4 Å². The Hall–Kier alpha value is -4.62. The number of para-hydroxylation sites is 2. The van der Waals surface area contributed by atoms with Gasteiger partial charge in [-0.25, -0.2) is 0 Å². The number of aromatic nitrogens is 4. The van der Waals surface area contributed by atoms with E-state index in [-0.39, 0.29) is 50.2 Å². The summed E-state index contributed by atoms with van der Waals surface area (Å²) in [5.41, 5.74) is 8.85. The number of benzene rings is 4. The first kappa shape index (κ1) is 37.2. The predicted octanol–water partition coefficient (Wildman–Crippen LogP) is 9.34. The third-order valence-electron chi connectivity index (χ3n) is 8.88. The zero-order chi connectivity index (χ0) is 33.0. The normalized spacial score (nSPS) is 10.5.